The van der Waals surface area contributed by atoms with E-state index in [0.29, 0.717) is 17.2 Å². The third-order valence-electron chi connectivity index (χ3n) is 4.31. The Morgan fingerprint density at radius 1 is 1.41 bits per heavy atom. The van der Waals surface area contributed by atoms with Crippen molar-refractivity contribution in [1.82, 2.24) is 5.32 Å². The lowest BCUT2D eigenvalue weighted by molar-refractivity contribution is -0.134. The SMILES string of the molecule is COC1(CC(=O)NCC2CCCC2Br)CCC1. The average Bonchev–Trinajstić information content (AvgIpc) is 2.67. The number of rotatable bonds is 5. The maximum absolute atomic E-state index is 11.9. The molecule has 0 heterocycles. The number of hydrogen-bond donors (Lipinski definition) is 1. The maximum Gasteiger partial charge on any atom is 0.222 e. The first-order valence-corrected chi connectivity index (χ1v) is 7.53. The highest BCUT2D eigenvalue weighted by atomic mass is 79.9. The van der Waals surface area contributed by atoms with Crippen LogP contribution in [0.4, 0.5) is 0 Å². The number of halogens is 1. The number of ether oxygens (including phenoxy) is 1. The molecule has 0 spiro atoms. The van der Waals surface area contributed by atoms with Gasteiger partial charge < -0.3 is 10.1 Å². The van der Waals surface area contributed by atoms with Crippen LogP contribution in [-0.2, 0) is 9.53 Å². The van der Waals surface area contributed by atoms with E-state index in [9.17, 15) is 4.79 Å². The van der Waals surface area contributed by atoms with Gasteiger partial charge in [-0.1, -0.05) is 22.4 Å². The fourth-order valence-corrected chi connectivity index (χ4v) is 3.62. The van der Waals surface area contributed by atoms with Crippen molar-refractivity contribution in [2.45, 2.75) is 55.4 Å². The quantitative estimate of drug-likeness (QED) is 0.793. The zero-order chi connectivity index (χ0) is 12.3. The first kappa shape index (κ1) is 13.3. The van der Waals surface area contributed by atoms with Crippen LogP contribution < -0.4 is 5.32 Å². The molecule has 98 valence electrons. The van der Waals surface area contributed by atoms with Crippen LogP contribution in [0.15, 0.2) is 0 Å². The zero-order valence-electron chi connectivity index (χ0n) is 10.5. The number of carbonyl (C=O) groups is 1. The van der Waals surface area contributed by atoms with Gasteiger partial charge in [0, 0.05) is 18.5 Å². The summed E-state index contributed by atoms with van der Waals surface area (Å²) in [4.78, 5) is 12.5. The summed E-state index contributed by atoms with van der Waals surface area (Å²) in [7, 11) is 1.72. The van der Waals surface area contributed by atoms with E-state index < -0.39 is 0 Å². The lowest BCUT2D eigenvalue weighted by Gasteiger charge is -2.40. The van der Waals surface area contributed by atoms with Gasteiger partial charge in [-0.15, -0.1) is 0 Å². The van der Waals surface area contributed by atoms with Crippen molar-refractivity contribution in [3.63, 3.8) is 0 Å². The largest absolute Gasteiger partial charge is 0.378 e. The molecule has 3 nitrogen and oxygen atoms in total. The van der Waals surface area contributed by atoms with Crippen molar-refractivity contribution >= 4 is 21.8 Å². The molecule has 0 radical (unpaired) electrons. The Morgan fingerprint density at radius 3 is 2.65 bits per heavy atom. The summed E-state index contributed by atoms with van der Waals surface area (Å²) >= 11 is 3.68. The molecule has 2 aliphatic rings. The second kappa shape index (κ2) is 5.70. The third kappa shape index (κ3) is 3.22. The molecular weight excluding hydrogens is 282 g/mol. The highest BCUT2D eigenvalue weighted by molar-refractivity contribution is 9.09. The molecule has 2 unspecified atom stereocenters. The lowest BCUT2D eigenvalue weighted by Crippen LogP contribution is -2.44. The van der Waals surface area contributed by atoms with Gasteiger partial charge in [-0.25, -0.2) is 0 Å². The molecule has 2 rings (SSSR count). The van der Waals surface area contributed by atoms with Gasteiger partial charge in [0.05, 0.1) is 12.0 Å². The van der Waals surface area contributed by atoms with E-state index in [1.165, 1.54) is 25.7 Å². The predicted molar refractivity (Wildman–Crippen MR) is 71.3 cm³/mol. The standard InChI is InChI=1S/C13H22BrNO2/c1-17-13(6-3-7-13)8-12(16)15-9-10-4-2-5-11(10)14/h10-11H,2-9H2,1H3,(H,15,16). The van der Waals surface area contributed by atoms with Crippen LogP contribution in [-0.4, -0.2) is 30.0 Å². The summed E-state index contributed by atoms with van der Waals surface area (Å²) in [6.45, 7) is 0.814. The molecule has 0 aromatic carbocycles. The first-order chi connectivity index (χ1) is 8.15. The maximum atomic E-state index is 11.9. The third-order valence-corrected chi connectivity index (χ3v) is 5.51. The smallest absolute Gasteiger partial charge is 0.222 e. The van der Waals surface area contributed by atoms with Gasteiger partial charge in [0.1, 0.15) is 0 Å². The molecule has 1 amide bonds. The van der Waals surface area contributed by atoms with Crippen LogP contribution in [0.1, 0.15) is 44.9 Å². The molecule has 17 heavy (non-hydrogen) atoms. The van der Waals surface area contributed by atoms with Crippen LogP contribution in [0.3, 0.4) is 0 Å². The van der Waals surface area contributed by atoms with Crippen LogP contribution in [0.2, 0.25) is 0 Å². The minimum Gasteiger partial charge on any atom is -0.378 e. The summed E-state index contributed by atoms with van der Waals surface area (Å²) in [5.41, 5.74) is -0.145. The Labute approximate surface area is 112 Å². The van der Waals surface area contributed by atoms with Gasteiger partial charge in [-0.3, -0.25) is 4.79 Å². The zero-order valence-corrected chi connectivity index (χ0v) is 12.1. The summed E-state index contributed by atoms with van der Waals surface area (Å²) < 4.78 is 5.47. The van der Waals surface area contributed by atoms with Crippen LogP contribution in [0.5, 0.6) is 0 Å². The van der Waals surface area contributed by atoms with Gasteiger partial charge >= 0.3 is 0 Å². The molecular formula is C13H22BrNO2. The van der Waals surface area contributed by atoms with Gasteiger partial charge in [-0.2, -0.15) is 0 Å². The van der Waals surface area contributed by atoms with E-state index in [1.54, 1.807) is 7.11 Å². The van der Waals surface area contributed by atoms with E-state index in [1.807, 2.05) is 0 Å². The summed E-state index contributed by atoms with van der Waals surface area (Å²) in [5, 5.41) is 3.06. The van der Waals surface area contributed by atoms with Gasteiger partial charge in [0.2, 0.25) is 5.91 Å². The molecule has 0 aromatic heterocycles. The van der Waals surface area contributed by atoms with Crippen molar-refractivity contribution in [2.24, 2.45) is 5.92 Å². The van der Waals surface area contributed by atoms with Gasteiger partial charge in [0.15, 0.2) is 0 Å². The highest BCUT2D eigenvalue weighted by Crippen LogP contribution is 2.38. The Hall–Kier alpha value is -0.0900. The Bertz CT molecular complexity index is 273. The topological polar surface area (TPSA) is 38.3 Å². The minimum absolute atomic E-state index is 0.145. The van der Waals surface area contributed by atoms with Crippen LogP contribution in [0.25, 0.3) is 0 Å². The van der Waals surface area contributed by atoms with Crippen molar-refractivity contribution in [2.75, 3.05) is 13.7 Å². The second-order valence-electron chi connectivity index (χ2n) is 5.43. The van der Waals surface area contributed by atoms with Crippen LogP contribution in [0, 0.1) is 5.92 Å². The van der Waals surface area contributed by atoms with E-state index >= 15 is 0 Å². The van der Waals surface area contributed by atoms with Crippen LogP contribution >= 0.6 is 15.9 Å². The predicted octanol–water partition coefficient (Wildman–Crippen LogP) is 2.63. The molecule has 2 atom stereocenters. The monoisotopic (exact) mass is 303 g/mol. The number of hydrogen-bond acceptors (Lipinski definition) is 2. The normalized spacial score (nSPS) is 30.9. The first-order valence-electron chi connectivity index (χ1n) is 6.61. The van der Waals surface area contributed by atoms with E-state index in [-0.39, 0.29) is 11.5 Å². The minimum atomic E-state index is -0.145. The highest BCUT2D eigenvalue weighted by Gasteiger charge is 2.39. The molecule has 0 saturated heterocycles. The fraction of sp³-hybridized carbons (Fsp3) is 0.923. The summed E-state index contributed by atoms with van der Waals surface area (Å²) in [5.74, 6) is 0.761. The molecule has 0 bridgehead atoms. The van der Waals surface area contributed by atoms with Crippen molar-refractivity contribution < 1.29 is 9.53 Å². The number of alkyl halides is 1. The van der Waals surface area contributed by atoms with Gasteiger partial charge in [-0.05, 0) is 38.0 Å². The molecule has 4 heteroatoms. The lowest BCUT2D eigenvalue weighted by atomic mass is 9.77. The second-order valence-corrected chi connectivity index (χ2v) is 6.60. The number of methoxy groups -OCH3 is 1. The summed E-state index contributed by atoms with van der Waals surface area (Å²) in [6, 6.07) is 0. The van der Waals surface area contributed by atoms with Crippen molar-refractivity contribution in [3.8, 4) is 0 Å². The molecule has 0 aliphatic heterocycles. The average molecular weight is 304 g/mol. The molecule has 0 aromatic rings. The van der Waals surface area contributed by atoms with Crippen molar-refractivity contribution in [3.05, 3.63) is 0 Å². The number of nitrogens with one attached hydrogen (secondary N) is 1. The van der Waals surface area contributed by atoms with E-state index in [2.05, 4.69) is 21.2 Å². The number of amides is 1. The Balaban J connectivity index is 1.70. The Kier molecular flexibility index (Phi) is 4.47. The van der Waals surface area contributed by atoms with Crippen molar-refractivity contribution in [1.29, 1.82) is 0 Å². The fourth-order valence-electron chi connectivity index (χ4n) is 2.85. The van der Waals surface area contributed by atoms with Gasteiger partial charge in [0.25, 0.3) is 0 Å². The Morgan fingerprint density at radius 2 is 2.18 bits per heavy atom. The molecule has 2 saturated carbocycles. The summed E-state index contributed by atoms with van der Waals surface area (Å²) in [6.07, 6.45) is 7.52. The molecule has 2 fully saturated rings. The molecule has 1 N–H and O–H groups in total. The molecule has 2 aliphatic carbocycles. The van der Waals surface area contributed by atoms with E-state index in [0.717, 1.165) is 19.4 Å². The number of carbonyl (C=O) groups excluding carboxylic acids is 1. The van der Waals surface area contributed by atoms with E-state index in [4.69, 9.17) is 4.74 Å².